The summed E-state index contributed by atoms with van der Waals surface area (Å²) in [6.07, 6.45) is 6.35. The van der Waals surface area contributed by atoms with Gasteiger partial charge in [0.05, 0.1) is 5.75 Å². The van der Waals surface area contributed by atoms with Gasteiger partial charge in [-0.05, 0) is 17.9 Å². The molecular weight excluding hydrogens is 258 g/mol. The molecule has 0 radical (unpaired) electrons. The monoisotopic (exact) mass is 279 g/mol. The number of hydrogen-bond donors (Lipinski definition) is 1. The van der Waals surface area contributed by atoms with E-state index in [0.29, 0.717) is 12.8 Å². The molecular formula is C15H21NO2S. The molecule has 0 saturated carbocycles. The zero-order valence-corrected chi connectivity index (χ0v) is 12.3. The summed E-state index contributed by atoms with van der Waals surface area (Å²) in [7, 11) is -3.31. The molecule has 0 spiro atoms. The second-order valence-corrected chi connectivity index (χ2v) is 6.52. The van der Waals surface area contributed by atoms with Gasteiger partial charge >= 0.3 is 0 Å². The summed E-state index contributed by atoms with van der Waals surface area (Å²) in [6, 6.07) is 9.47. The van der Waals surface area contributed by atoms with Crippen molar-refractivity contribution in [2.45, 2.75) is 38.6 Å². The van der Waals surface area contributed by atoms with Gasteiger partial charge in [-0.15, -0.1) is 12.3 Å². The molecule has 0 aliphatic heterocycles. The highest BCUT2D eigenvalue weighted by atomic mass is 32.2. The smallest absolute Gasteiger partial charge is 0.212 e. The van der Waals surface area contributed by atoms with Crippen LogP contribution in [0.15, 0.2) is 30.3 Å². The van der Waals surface area contributed by atoms with Gasteiger partial charge < -0.3 is 0 Å². The van der Waals surface area contributed by atoms with E-state index in [1.165, 1.54) is 0 Å². The quantitative estimate of drug-likeness (QED) is 0.780. The van der Waals surface area contributed by atoms with Gasteiger partial charge in [0.1, 0.15) is 0 Å². The maximum atomic E-state index is 12.1. The molecule has 0 aliphatic rings. The molecule has 0 aromatic heterocycles. The molecule has 1 aromatic carbocycles. The van der Waals surface area contributed by atoms with Crippen molar-refractivity contribution in [3.05, 3.63) is 35.9 Å². The molecule has 0 heterocycles. The standard InChI is InChI=1S/C15H21NO2S/c1-4-9-15(5-2)16-19(17,18)12-13(3)14-10-7-6-8-11-14/h1,6-8,10-11,13,15-16H,5,9,12H2,2-3H3. The molecule has 0 fully saturated rings. The van der Waals surface area contributed by atoms with E-state index >= 15 is 0 Å². The molecule has 0 bridgehead atoms. The topological polar surface area (TPSA) is 46.2 Å². The molecule has 4 heteroatoms. The Morgan fingerprint density at radius 1 is 1.32 bits per heavy atom. The number of benzene rings is 1. The Bertz CT molecular complexity index is 517. The zero-order chi connectivity index (χ0) is 14.3. The first kappa shape index (κ1) is 15.7. The van der Waals surface area contributed by atoms with E-state index in [1.807, 2.05) is 44.2 Å². The van der Waals surface area contributed by atoms with Gasteiger partial charge in [-0.2, -0.15) is 0 Å². The van der Waals surface area contributed by atoms with Crippen molar-refractivity contribution in [1.29, 1.82) is 0 Å². The highest BCUT2D eigenvalue weighted by molar-refractivity contribution is 7.89. The van der Waals surface area contributed by atoms with Crippen molar-refractivity contribution in [2.24, 2.45) is 0 Å². The normalized spacial score (nSPS) is 14.6. The van der Waals surface area contributed by atoms with Crippen molar-refractivity contribution in [2.75, 3.05) is 5.75 Å². The molecule has 1 aromatic rings. The summed E-state index contributed by atoms with van der Waals surface area (Å²) in [4.78, 5) is 0. The Hall–Kier alpha value is -1.31. The average molecular weight is 279 g/mol. The van der Waals surface area contributed by atoms with E-state index in [4.69, 9.17) is 6.42 Å². The maximum Gasteiger partial charge on any atom is 0.212 e. The predicted molar refractivity (Wildman–Crippen MR) is 79.3 cm³/mol. The van der Waals surface area contributed by atoms with E-state index in [-0.39, 0.29) is 17.7 Å². The number of nitrogens with one attached hydrogen (secondary N) is 1. The Morgan fingerprint density at radius 2 is 1.95 bits per heavy atom. The summed E-state index contributed by atoms with van der Waals surface area (Å²) in [5, 5.41) is 0. The van der Waals surface area contributed by atoms with Crippen LogP contribution in [0, 0.1) is 12.3 Å². The maximum absolute atomic E-state index is 12.1. The second-order valence-electron chi connectivity index (χ2n) is 4.72. The van der Waals surface area contributed by atoms with Crippen LogP contribution in [0.5, 0.6) is 0 Å². The average Bonchev–Trinajstić information content (AvgIpc) is 2.38. The summed E-state index contributed by atoms with van der Waals surface area (Å²) < 4.78 is 26.8. The summed E-state index contributed by atoms with van der Waals surface area (Å²) in [5.41, 5.74) is 1.03. The van der Waals surface area contributed by atoms with Gasteiger partial charge in [0.25, 0.3) is 0 Å². The highest BCUT2D eigenvalue weighted by Gasteiger charge is 2.20. The number of terminal acetylenes is 1. The first-order valence-corrected chi connectivity index (χ1v) is 8.12. The van der Waals surface area contributed by atoms with Crippen LogP contribution in [0.4, 0.5) is 0 Å². The zero-order valence-electron chi connectivity index (χ0n) is 11.5. The molecule has 0 amide bonds. The SMILES string of the molecule is C#CCC(CC)NS(=O)(=O)CC(C)c1ccccc1. The first-order chi connectivity index (χ1) is 8.98. The number of sulfonamides is 1. The van der Waals surface area contributed by atoms with Crippen molar-refractivity contribution in [1.82, 2.24) is 4.72 Å². The summed E-state index contributed by atoms with van der Waals surface area (Å²) >= 11 is 0. The van der Waals surface area contributed by atoms with Crippen molar-refractivity contribution < 1.29 is 8.42 Å². The Balaban J connectivity index is 2.67. The van der Waals surface area contributed by atoms with Crippen LogP contribution in [0.3, 0.4) is 0 Å². The van der Waals surface area contributed by atoms with E-state index in [1.54, 1.807) is 0 Å². The van der Waals surface area contributed by atoms with E-state index in [0.717, 1.165) is 5.56 Å². The van der Waals surface area contributed by atoms with Crippen LogP contribution in [0.1, 0.15) is 38.2 Å². The largest absolute Gasteiger partial charge is 0.212 e. The fourth-order valence-corrected chi connectivity index (χ4v) is 3.63. The van der Waals surface area contributed by atoms with Crippen molar-refractivity contribution in [3.8, 4) is 12.3 Å². The van der Waals surface area contributed by atoms with Crippen LogP contribution in [0.2, 0.25) is 0 Å². The Morgan fingerprint density at radius 3 is 2.47 bits per heavy atom. The van der Waals surface area contributed by atoms with Gasteiger partial charge in [0, 0.05) is 12.5 Å². The lowest BCUT2D eigenvalue weighted by atomic mass is 10.0. The number of hydrogen-bond acceptors (Lipinski definition) is 2. The lowest BCUT2D eigenvalue weighted by Crippen LogP contribution is -2.36. The van der Waals surface area contributed by atoms with Gasteiger partial charge in [-0.3, -0.25) is 0 Å². The molecule has 104 valence electrons. The molecule has 2 atom stereocenters. The van der Waals surface area contributed by atoms with E-state index < -0.39 is 10.0 Å². The number of rotatable bonds is 7. The third kappa shape index (κ3) is 5.46. The fraction of sp³-hybridized carbons (Fsp3) is 0.467. The molecule has 1 N–H and O–H groups in total. The minimum Gasteiger partial charge on any atom is -0.212 e. The molecule has 3 nitrogen and oxygen atoms in total. The predicted octanol–water partition coefficient (Wildman–Crippen LogP) is 2.51. The fourth-order valence-electron chi connectivity index (χ4n) is 1.92. The molecule has 1 rings (SSSR count). The van der Waals surface area contributed by atoms with E-state index in [2.05, 4.69) is 10.6 Å². The molecule has 2 unspecified atom stereocenters. The van der Waals surface area contributed by atoms with Crippen LogP contribution in [0.25, 0.3) is 0 Å². The van der Waals surface area contributed by atoms with Crippen LogP contribution < -0.4 is 4.72 Å². The van der Waals surface area contributed by atoms with Crippen LogP contribution in [-0.4, -0.2) is 20.2 Å². The van der Waals surface area contributed by atoms with Crippen molar-refractivity contribution in [3.63, 3.8) is 0 Å². The third-order valence-corrected chi connectivity index (χ3v) is 4.67. The summed E-state index contributed by atoms with van der Waals surface area (Å²) in [5.74, 6) is 2.54. The second kappa shape index (κ2) is 7.32. The van der Waals surface area contributed by atoms with Crippen LogP contribution in [-0.2, 0) is 10.0 Å². The molecule has 0 aliphatic carbocycles. The van der Waals surface area contributed by atoms with Gasteiger partial charge in [-0.25, -0.2) is 13.1 Å². The minimum atomic E-state index is -3.31. The van der Waals surface area contributed by atoms with Gasteiger partial charge in [0.2, 0.25) is 10.0 Å². The minimum absolute atomic E-state index is 0.0398. The third-order valence-electron chi connectivity index (χ3n) is 3.04. The Kier molecular flexibility index (Phi) is 6.07. The van der Waals surface area contributed by atoms with E-state index in [9.17, 15) is 8.42 Å². The lowest BCUT2D eigenvalue weighted by molar-refractivity contribution is 0.540. The van der Waals surface area contributed by atoms with Gasteiger partial charge in [0.15, 0.2) is 0 Å². The van der Waals surface area contributed by atoms with Crippen LogP contribution >= 0.6 is 0 Å². The first-order valence-electron chi connectivity index (χ1n) is 6.47. The molecule has 0 saturated heterocycles. The highest BCUT2D eigenvalue weighted by Crippen LogP contribution is 2.16. The summed E-state index contributed by atoms with van der Waals surface area (Å²) in [6.45, 7) is 3.84. The Labute approximate surface area is 116 Å². The van der Waals surface area contributed by atoms with Gasteiger partial charge in [-0.1, -0.05) is 44.2 Å². The lowest BCUT2D eigenvalue weighted by Gasteiger charge is -2.17. The van der Waals surface area contributed by atoms with Crippen molar-refractivity contribution >= 4 is 10.0 Å². The molecule has 19 heavy (non-hydrogen) atoms.